The molecule has 0 radical (unpaired) electrons. The Kier molecular flexibility index (Phi) is 4.61. The quantitative estimate of drug-likeness (QED) is 0.861. The minimum atomic E-state index is -0.415. The second kappa shape index (κ2) is 6.84. The number of benzene rings is 1. The molecule has 1 aromatic carbocycles. The summed E-state index contributed by atoms with van der Waals surface area (Å²) in [4.78, 5) is 25.9. The van der Waals surface area contributed by atoms with Gasteiger partial charge in [-0.15, -0.1) is 0 Å². The number of hydrogen-bond acceptors (Lipinski definition) is 5. The number of nitrogens with one attached hydrogen (secondary N) is 1. The molecule has 1 aliphatic heterocycles. The Morgan fingerprint density at radius 1 is 1.28 bits per heavy atom. The van der Waals surface area contributed by atoms with Crippen molar-refractivity contribution < 1.29 is 9.53 Å². The van der Waals surface area contributed by atoms with Crippen LogP contribution in [0.5, 0.6) is 0 Å². The summed E-state index contributed by atoms with van der Waals surface area (Å²) in [7, 11) is 3.08. The Morgan fingerprint density at radius 3 is 2.64 bits per heavy atom. The third-order valence-electron chi connectivity index (χ3n) is 4.23. The van der Waals surface area contributed by atoms with Crippen LogP contribution < -0.4 is 10.9 Å². The molecule has 1 unspecified atom stereocenters. The maximum Gasteiger partial charge on any atom is 0.355 e. The zero-order valence-corrected chi connectivity index (χ0v) is 14.5. The van der Waals surface area contributed by atoms with Crippen LogP contribution in [-0.2, 0) is 23.1 Å². The van der Waals surface area contributed by atoms with Gasteiger partial charge in [0.25, 0.3) is 5.56 Å². The third-order valence-corrected chi connectivity index (χ3v) is 4.23. The van der Waals surface area contributed by atoms with Crippen molar-refractivity contribution in [3.05, 3.63) is 81.5 Å². The monoisotopic (exact) mass is 339 g/mol. The van der Waals surface area contributed by atoms with Crippen LogP contribution in [0.25, 0.3) is 0 Å². The number of nitrogens with zero attached hydrogens (tertiary/aromatic N) is 2. The SMILES string of the molecule is COC(=O)C1=CN(Cc2ccccc2)C(c2cc(C)c(=O)n(C)c2)N1. The van der Waals surface area contributed by atoms with Crippen LogP contribution >= 0.6 is 0 Å². The van der Waals surface area contributed by atoms with E-state index in [0.29, 0.717) is 17.8 Å². The Hall–Kier alpha value is -3.02. The summed E-state index contributed by atoms with van der Waals surface area (Å²) in [6.45, 7) is 2.41. The molecule has 25 heavy (non-hydrogen) atoms. The number of carbonyl (C=O) groups is 1. The highest BCUT2D eigenvalue weighted by Gasteiger charge is 2.29. The number of hydrogen-bond donors (Lipinski definition) is 1. The molecule has 1 aromatic heterocycles. The molecule has 0 amide bonds. The van der Waals surface area contributed by atoms with Gasteiger partial charge >= 0.3 is 5.97 Å². The number of esters is 1. The lowest BCUT2D eigenvalue weighted by molar-refractivity contribution is -0.136. The molecule has 0 aliphatic carbocycles. The average Bonchev–Trinajstić information content (AvgIpc) is 3.03. The molecular formula is C19H21N3O3. The van der Waals surface area contributed by atoms with Crippen molar-refractivity contribution >= 4 is 5.97 Å². The molecule has 6 heteroatoms. The van der Waals surface area contributed by atoms with Gasteiger partial charge in [-0.05, 0) is 18.6 Å². The molecule has 1 atom stereocenters. The van der Waals surface area contributed by atoms with Crippen molar-refractivity contribution in [3.63, 3.8) is 0 Å². The summed E-state index contributed by atoms with van der Waals surface area (Å²) in [6.07, 6.45) is 3.31. The first kappa shape index (κ1) is 16.8. The van der Waals surface area contributed by atoms with Gasteiger partial charge in [-0.1, -0.05) is 30.3 Å². The van der Waals surface area contributed by atoms with E-state index in [1.54, 1.807) is 30.9 Å². The molecule has 1 N–H and O–H groups in total. The van der Waals surface area contributed by atoms with Crippen LogP contribution in [0, 0.1) is 6.92 Å². The second-order valence-corrected chi connectivity index (χ2v) is 6.11. The molecule has 0 saturated carbocycles. The van der Waals surface area contributed by atoms with Crippen LogP contribution in [0.4, 0.5) is 0 Å². The minimum Gasteiger partial charge on any atom is -0.464 e. The molecule has 0 saturated heterocycles. The van der Waals surface area contributed by atoms with Gasteiger partial charge in [-0.2, -0.15) is 0 Å². The van der Waals surface area contributed by atoms with Gasteiger partial charge in [-0.25, -0.2) is 4.79 Å². The summed E-state index contributed by atoms with van der Waals surface area (Å²) >= 11 is 0. The van der Waals surface area contributed by atoms with Crippen molar-refractivity contribution in [2.45, 2.75) is 19.6 Å². The fraction of sp³-hybridized carbons (Fsp3) is 0.263. The third kappa shape index (κ3) is 3.42. The number of methoxy groups -OCH3 is 1. The zero-order valence-electron chi connectivity index (χ0n) is 14.5. The molecule has 2 heterocycles. The number of aryl methyl sites for hydroxylation is 2. The number of rotatable bonds is 4. The topological polar surface area (TPSA) is 63.6 Å². The van der Waals surface area contributed by atoms with E-state index in [4.69, 9.17) is 4.74 Å². The number of ether oxygens (including phenoxy) is 1. The van der Waals surface area contributed by atoms with Gasteiger partial charge in [0.2, 0.25) is 0 Å². The van der Waals surface area contributed by atoms with Crippen LogP contribution in [0.3, 0.4) is 0 Å². The molecule has 130 valence electrons. The first-order chi connectivity index (χ1) is 12.0. The lowest BCUT2D eigenvalue weighted by Crippen LogP contribution is -2.31. The van der Waals surface area contributed by atoms with Crippen molar-refractivity contribution in [2.75, 3.05) is 7.11 Å². The fourth-order valence-electron chi connectivity index (χ4n) is 2.99. The van der Waals surface area contributed by atoms with E-state index in [1.165, 1.54) is 7.11 Å². The maximum atomic E-state index is 12.0. The summed E-state index contributed by atoms with van der Waals surface area (Å²) < 4.78 is 6.39. The number of aromatic nitrogens is 1. The standard InChI is InChI=1S/C19H21N3O3/c1-13-9-15(11-21(2)18(13)23)17-20-16(19(24)25-3)12-22(17)10-14-7-5-4-6-8-14/h4-9,11-12,17,20H,10H2,1-3H3. The number of carbonyl (C=O) groups excluding carboxylic acids is 1. The van der Waals surface area contributed by atoms with E-state index in [0.717, 1.165) is 11.1 Å². The highest BCUT2D eigenvalue weighted by molar-refractivity contribution is 5.88. The van der Waals surface area contributed by atoms with E-state index in [2.05, 4.69) is 5.32 Å². The van der Waals surface area contributed by atoms with E-state index in [9.17, 15) is 9.59 Å². The lowest BCUT2D eigenvalue weighted by atomic mass is 10.1. The molecule has 2 aromatic rings. The minimum absolute atomic E-state index is 0.0301. The second-order valence-electron chi connectivity index (χ2n) is 6.11. The molecule has 3 rings (SSSR count). The zero-order chi connectivity index (χ0) is 18.0. The number of pyridine rings is 1. The highest BCUT2D eigenvalue weighted by Crippen LogP contribution is 2.27. The predicted molar refractivity (Wildman–Crippen MR) is 94.4 cm³/mol. The van der Waals surface area contributed by atoms with Gasteiger partial charge in [0.05, 0.1) is 7.11 Å². The Labute approximate surface area is 146 Å². The van der Waals surface area contributed by atoms with Crippen molar-refractivity contribution in [2.24, 2.45) is 7.05 Å². The van der Waals surface area contributed by atoms with Gasteiger partial charge in [0, 0.05) is 37.1 Å². The molecule has 1 aliphatic rings. The average molecular weight is 339 g/mol. The van der Waals surface area contributed by atoms with E-state index < -0.39 is 5.97 Å². The predicted octanol–water partition coefficient (Wildman–Crippen LogP) is 1.81. The van der Waals surface area contributed by atoms with Crippen LogP contribution in [0.15, 0.2) is 59.3 Å². The molecule has 6 nitrogen and oxygen atoms in total. The summed E-state index contributed by atoms with van der Waals surface area (Å²) in [5.74, 6) is -0.415. The van der Waals surface area contributed by atoms with Crippen molar-refractivity contribution in [1.29, 1.82) is 0 Å². The Bertz CT molecular complexity index is 845. The summed E-state index contributed by atoms with van der Waals surface area (Å²) in [5, 5.41) is 3.20. The maximum absolute atomic E-state index is 12.0. The first-order valence-corrected chi connectivity index (χ1v) is 8.03. The van der Waals surface area contributed by atoms with Gasteiger partial charge in [0.15, 0.2) is 0 Å². The molecule has 0 fully saturated rings. The van der Waals surface area contributed by atoms with E-state index in [1.807, 2.05) is 41.3 Å². The molecule has 0 bridgehead atoms. The van der Waals surface area contributed by atoms with Crippen molar-refractivity contribution in [3.8, 4) is 0 Å². The van der Waals surface area contributed by atoms with E-state index in [-0.39, 0.29) is 11.7 Å². The van der Waals surface area contributed by atoms with Gasteiger partial charge in [0.1, 0.15) is 11.9 Å². The molecule has 0 spiro atoms. The van der Waals surface area contributed by atoms with Crippen LogP contribution in [0.1, 0.15) is 22.9 Å². The first-order valence-electron chi connectivity index (χ1n) is 8.03. The summed E-state index contributed by atoms with van der Waals surface area (Å²) in [6, 6.07) is 11.9. The highest BCUT2D eigenvalue weighted by atomic mass is 16.5. The lowest BCUT2D eigenvalue weighted by Gasteiger charge is -2.26. The molecular weight excluding hydrogens is 318 g/mol. The smallest absolute Gasteiger partial charge is 0.355 e. The largest absolute Gasteiger partial charge is 0.464 e. The van der Waals surface area contributed by atoms with E-state index >= 15 is 0 Å². The Morgan fingerprint density at radius 2 is 2.00 bits per heavy atom. The van der Waals surface area contributed by atoms with Gasteiger partial charge in [-0.3, -0.25) is 4.79 Å². The van der Waals surface area contributed by atoms with Crippen LogP contribution in [0.2, 0.25) is 0 Å². The Balaban J connectivity index is 1.96. The van der Waals surface area contributed by atoms with Gasteiger partial charge < -0.3 is 19.5 Å². The van der Waals surface area contributed by atoms with Crippen molar-refractivity contribution in [1.82, 2.24) is 14.8 Å². The fourth-order valence-corrected chi connectivity index (χ4v) is 2.99. The summed E-state index contributed by atoms with van der Waals surface area (Å²) in [5.41, 5.74) is 3.06. The van der Waals surface area contributed by atoms with Crippen LogP contribution in [-0.4, -0.2) is 22.5 Å². The normalized spacial score (nSPS) is 16.4.